The molecule has 1 aliphatic carbocycles. The number of alkyl halides is 2. The Labute approximate surface area is 131 Å². The molecule has 7 heteroatoms. The third-order valence-electron chi connectivity index (χ3n) is 3.52. The molecule has 0 bridgehead atoms. The molecule has 0 N–H and O–H groups in total. The summed E-state index contributed by atoms with van der Waals surface area (Å²) in [6.45, 7) is 1.57. The van der Waals surface area contributed by atoms with Gasteiger partial charge in [-0.3, -0.25) is 4.79 Å². The minimum absolute atomic E-state index is 0.0991. The van der Waals surface area contributed by atoms with E-state index >= 15 is 0 Å². The number of aromatic nitrogens is 2. The first-order valence-corrected chi connectivity index (χ1v) is 7.11. The van der Waals surface area contributed by atoms with Crippen LogP contribution >= 0.6 is 23.2 Å². The zero-order chi connectivity index (χ0) is 15.1. The smallest absolute Gasteiger partial charge is 0.315 e. The van der Waals surface area contributed by atoms with E-state index in [1.807, 2.05) is 30.3 Å². The van der Waals surface area contributed by atoms with Crippen molar-refractivity contribution in [3.63, 3.8) is 0 Å². The van der Waals surface area contributed by atoms with Gasteiger partial charge in [-0.15, -0.1) is 33.4 Å². The molecule has 1 heterocycles. The third-order valence-corrected chi connectivity index (χ3v) is 4.62. The molecule has 1 aromatic heterocycles. The van der Waals surface area contributed by atoms with Crippen LogP contribution in [0.15, 0.2) is 34.7 Å². The van der Waals surface area contributed by atoms with E-state index in [1.165, 1.54) is 0 Å². The molecule has 0 amide bonds. The van der Waals surface area contributed by atoms with Crippen LogP contribution in [0.1, 0.15) is 19.2 Å². The predicted molar refractivity (Wildman–Crippen MR) is 76.7 cm³/mol. The predicted octanol–water partition coefficient (Wildman–Crippen LogP) is 3.36. The number of nitrogens with zero attached hydrogens (tertiary/aromatic N) is 2. The van der Waals surface area contributed by atoms with Crippen molar-refractivity contribution < 1.29 is 13.9 Å². The van der Waals surface area contributed by atoms with Crippen molar-refractivity contribution in [1.29, 1.82) is 0 Å². The van der Waals surface area contributed by atoms with Crippen molar-refractivity contribution in [3.05, 3.63) is 36.2 Å². The summed E-state index contributed by atoms with van der Waals surface area (Å²) in [4.78, 5) is 11.9. The van der Waals surface area contributed by atoms with E-state index in [0.29, 0.717) is 12.3 Å². The lowest BCUT2D eigenvalue weighted by atomic mass is 10.1. The molecular formula is C14H12Cl2N2O3. The van der Waals surface area contributed by atoms with Gasteiger partial charge < -0.3 is 9.15 Å². The fraction of sp³-hybridized carbons (Fsp3) is 0.357. The van der Waals surface area contributed by atoms with E-state index in [4.69, 9.17) is 32.4 Å². The third kappa shape index (κ3) is 2.63. The summed E-state index contributed by atoms with van der Waals surface area (Å²) in [7, 11) is 0. The monoisotopic (exact) mass is 326 g/mol. The number of hydrogen-bond donors (Lipinski definition) is 0. The molecule has 0 unspecified atom stereocenters. The van der Waals surface area contributed by atoms with E-state index in [9.17, 15) is 4.79 Å². The molecule has 0 saturated heterocycles. The Balaban J connectivity index is 1.63. The lowest BCUT2D eigenvalue weighted by Gasteiger charge is -2.09. The van der Waals surface area contributed by atoms with Crippen LogP contribution in [0.2, 0.25) is 0 Å². The highest BCUT2D eigenvalue weighted by atomic mass is 35.5. The fourth-order valence-corrected chi connectivity index (χ4v) is 2.61. The van der Waals surface area contributed by atoms with Gasteiger partial charge in [-0.25, -0.2) is 0 Å². The average molecular weight is 327 g/mol. The quantitative estimate of drug-likeness (QED) is 0.636. The highest BCUT2D eigenvalue weighted by molar-refractivity contribution is 6.53. The summed E-state index contributed by atoms with van der Waals surface area (Å²) in [5, 5.41) is 7.75. The van der Waals surface area contributed by atoms with Crippen LogP contribution in [0, 0.1) is 5.41 Å². The number of benzene rings is 1. The van der Waals surface area contributed by atoms with Crippen molar-refractivity contribution in [2.45, 2.75) is 24.3 Å². The molecule has 5 nitrogen and oxygen atoms in total. The first kappa shape index (κ1) is 14.4. The number of rotatable bonds is 4. The van der Waals surface area contributed by atoms with Gasteiger partial charge in [0, 0.05) is 12.0 Å². The Kier molecular flexibility index (Phi) is 3.42. The molecule has 110 valence electrons. The number of ether oxygens (including phenoxy) is 1. The molecule has 1 atom stereocenters. The van der Waals surface area contributed by atoms with Crippen LogP contribution < -0.4 is 0 Å². The Morgan fingerprint density at radius 3 is 2.62 bits per heavy atom. The van der Waals surface area contributed by atoms with E-state index in [-0.39, 0.29) is 12.5 Å². The van der Waals surface area contributed by atoms with Gasteiger partial charge in [-0.05, 0) is 19.1 Å². The molecule has 1 aliphatic rings. The van der Waals surface area contributed by atoms with Crippen molar-refractivity contribution in [2.75, 3.05) is 0 Å². The summed E-state index contributed by atoms with van der Waals surface area (Å²) in [6, 6.07) is 9.33. The van der Waals surface area contributed by atoms with Gasteiger partial charge in [-0.1, -0.05) is 18.2 Å². The van der Waals surface area contributed by atoms with Crippen LogP contribution in [0.5, 0.6) is 0 Å². The number of halogens is 2. The summed E-state index contributed by atoms with van der Waals surface area (Å²) < 4.78 is 9.53. The van der Waals surface area contributed by atoms with E-state index in [1.54, 1.807) is 6.92 Å². The molecule has 0 spiro atoms. The number of hydrogen-bond acceptors (Lipinski definition) is 5. The Morgan fingerprint density at radius 1 is 1.33 bits per heavy atom. The minimum atomic E-state index is -1.05. The molecule has 1 fully saturated rings. The maximum atomic E-state index is 11.9. The summed E-state index contributed by atoms with van der Waals surface area (Å²) in [5.41, 5.74) is -0.0597. The van der Waals surface area contributed by atoms with Crippen molar-refractivity contribution in [3.8, 4) is 11.5 Å². The first-order valence-electron chi connectivity index (χ1n) is 6.35. The van der Waals surface area contributed by atoms with E-state index in [2.05, 4.69) is 10.2 Å². The number of carbonyl (C=O) groups is 1. The van der Waals surface area contributed by atoms with Gasteiger partial charge >= 0.3 is 5.97 Å². The van der Waals surface area contributed by atoms with Crippen LogP contribution in [0.4, 0.5) is 0 Å². The van der Waals surface area contributed by atoms with Crippen LogP contribution in [0.25, 0.3) is 11.5 Å². The van der Waals surface area contributed by atoms with Crippen LogP contribution in [0.3, 0.4) is 0 Å². The zero-order valence-corrected chi connectivity index (χ0v) is 12.7. The summed E-state index contributed by atoms with van der Waals surface area (Å²) in [5.74, 6) is 0.136. The van der Waals surface area contributed by atoms with Crippen molar-refractivity contribution in [1.82, 2.24) is 10.2 Å². The zero-order valence-electron chi connectivity index (χ0n) is 11.2. The molecular weight excluding hydrogens is 315 g/mol. The van der Waals surface area contributed by atoms with E-state index < -0.39 is 15.7 Å². The molecule has 2 aromatic rings. The molecule has 3 rings (SSSR count). The summed E-state index contributed by atoms with van der Waals surface area (Å²) in [6.07, 6.45) is 0.376. The van der Waals surface area contributed by atoms with Gasteiger partial charge in [0.25, 0.3) is 5.89 Å². The van der Waals surface area contributed by atoms with Gasteiger partial charge in [0.2, 0.25) is 5.89 Å². The second-order valence-corrected chi connectivity index (χ2v) is 6.64. The maximum absolute atomic E-state index is 11.9. The average Bonchev–Trinajstić information content (AvgIpc) is 2.83. The normalized spacial score (nSPS) is 22.8. The largest absolute Gasteiger partial charge is 0.455 e. The highest BCUT2D eigenvalue weighted by Gasteiger charge is 2.69. The minimum Gasteiger partial charge on any atom is -0.455 e. The van der Waals surface area contributed by atoms with Gasteiger partial charge in [0.05, 0.1) is 0 Å². The van der Waals surface area contributed by atoms with Gasteiger partial charge in [0.1, 0.15) is 9.75 Å². The number of carbonyl (C=O) groups excluding carboxylic acids is 1. The SMILES string of the molecule is C[C@@]1(C(=O)OCc2nnc(-c3ccccc3)o2)CC1(Cl)Cl. The van der Waals surface area contributed by atoms with Crippen LogP contribution in [-0.2, 0) is 16.1 Å². The van der Waals surface area contributed by atoms with Crippen molar-refractivity contribution in [2.24, 2.45) is 5.41 Å². The lowest BCUT2D eigenvalue weighted by molar-refractivity contribution is -0.151. The molecule has 0 aliphatic heterocycles. The Hall–Kier alpha value is -1.59. The van der Waals surface area contributed by atoms with Crippen LogP contribution in [-0.4, -0.2) is 20.5 Å². The number of esters is 1. The first-order chi connectivity index (χ1) is 9.92. The molecule has 1 saturated carbocycles. The molecule has 0 radical (unpaired) electrons. The summed E-state index contributed by atoms with van der Waals surface area (Å²) >= 11 is 11.8. The second kappa shape index (κ2) is 5.00. The van der Waals surface area contributed by atoms with Gasteiger partial charge in [-0.2, -0.15) is 0 Å². The lowest BCUT2D eigenvalue weighted by Crippen LogP contribution is -2.21. The topological polar surface area (TPSA) is 65.2 Å². The fourth-order valence-electron chi connectivity index (χ4n) is 1.92. The molecule has 1 aromatic carbocycles. The highest BCUT2D eigenvalue weighted by Crippen LogP contribution is 2.64. The van der Waals surface area contributed by atoms with Crippen molar-refractivity contribution >= 4 is 29.2 Å². The molecule has 21 heavy (non-hydrogen) atoms. The standard InChI is InChI=1S/C14H12Cl2N2O3/c1-13(8-14(13,15)16)12(19)20-7-10-17-18-11(21-10)9-5-3-2-4-6-9/h2-6H,7-8H2,1H3/t13-/m0/s1. The Morgan fingerprint density at radius 2 is 2.00 bits per heavy atom. The van der Waals surface area contributed by atoms with Gasteiger partial charge in [0.15, 0.2) is 6.61 Å². The second-order valence-electron chi connectivity index (χ2n) is 5.16. The van der Waals surface area contributed by atoms with E-state index in [0.717, 1.165) is 5.56 Å². The maximum Gasteiger partial charge on any atom is 0.315 e. The Bertz CT molecular complexity index is 672.